The predicted molar refractivity (Wildman–Crippen MR) is 87.7 cm³/mol. The minimum atomic E-state index is -0.240. The van der Waals surface area contributed by atoms with Crippen molar-refractivity contribution in [3.8, 4) is 0 Å². The molecule has 0 spiro atoms. The third kappa shape index (κ3) is 3.46. The van der Waals surface area contributed by atoms with Gasteiger partial charge in [-0.25, -0.2) is 0 Å². The number of aromatic nitrogens is 3. The lowest BCUT2D eigenvalue weighted by Crippen LogP contribution is -2.13. The average Bonchev–Trinajstić information content (AvgIpc) is 2.99. The Balaban J connectivity index is 1.80. The summed E-state index contributed by atoms with van der Waals surface area (Å²) in [5.41, 5.74) is 1.21. The highest BCUT2D eigenvalue weighted by Crippen LogP contribution is 2.13. The van der Waals surface area contributed by atoms with E-state index in [-0.39, 0.29) is 11.9 Å². The predicted octanol–water partition coefficient (Wildman–Crippen LogP) is 2.04. The molecule has 1 aromatic carbocycles. The molecule has 0 saturated heterocycles. The summed E-state index contributed by atoms with van der Waals surface area (Å²) in [4.78, 5) is 16.5. The van der Waals surface area contributed by atoms with Crippen LogP contribution < -0.4 is 10.6 Å². The third-order valence-corrected chi connectivity index (χ3v) is 3.23. The lowest BCUT2D eigenvalue weighted by atomic mass is 10.2. The van der Waals surface area contributed by atoms with Crippen molar-refractivity contribution in [2.75, 3.05) is 30.9 Å². The van der Waals surface area contributed by atoms with Crippen LogP contribution in [0.2, 0.25) is 0 Å². The standard InChI is InChI=1S/C16H17N5O2/c1-23-11-10-17-13-8-5-9-14-18-16(20-21(13)14)19-15(22)12-6-3-2-4-7-12/h2-9,17H,10-11H2,1H3,(H,19,20,22). The molecule has 0 aliphatic heterocycles. The lowest BCUT2D eigenvalue weighted by Gasteiger charge is -2.06. The molecule has 118 valence electrons. The number of nitrogens with zero attached hydrogens (tertiary/aromatic N) is 3. The number of hydrogen-bond donors (Lipinski definition) is 2. The van der Waals surface area contributed by atoms with Gasteiger partial charge in [-0.15, -0.1) is 5.10 Å². The minimum absolute atomic E-state index is 0.240. The quantitative estimate of drug-likeness (QED) is 0.681. The molecular formula is C16H17N5O2. The highest BCUT2D eigenvalue weighted by atomic mass is 16.5. The number of nitrogens with one attached hydrogen (secondary N) is 2. The number of anilines is 2. The number of carbonyl (C=O) groups is 1. The van der Waals surface area contributed by atoms with Gasteiger partial charge in [0.15, 0.2) is 5.65 Å². The fourth-order valence-corrected chi connectivity index (χ4v) is 2.14. The normalized spacial score (nSPS) is 10.7. The Morgan fingerprint density at radius 1 is 1.17 bits per heavy atom. The Hall–Kier alpha value is -2.93. The van der Waals surface area contributed by atoms with Crippen LogP contribution in [0.1, 0.15) is 10.4 Å². The first-order valence-corrected chi connectivity index (χ1v) is 7.23. The van der Waals surface area contributed by atoms with Crippen LogP contribution in [0.15, 0.2) is 48.5 Å². The highest BCUT2D eigenvalue weighted by Gasteiger charge is 2.11. The summed E-state index contributed by atoms with van der Waals surface area (Å²) in [6.45, 7) is 1.24. The Bertz CT molecular complexity index is 801. The summed E-state index contributed by atoms with van der Waals surface area (Å²) in [7, 11) is 1.65. The third-order valence-electron chi connectivity index (χ3n) is 3.23. The fraction of sp³-hybridized carbons (Fsp3) is 0.188. The summed E-state index contributed by atoms with van der Waals surface area (Å²) in [6, 6.07) is 14.5. The number of benzene rings is 1. The maximum atomic E-state index is 12.2. The van der Waals surface area contributed by atoms with Gasteiger partial charge in [-0.05, 0) is 24.3 Å². The Morgan fingerprint density at radius 2 is 2.00 bits per heavy atom. The number of rotatable bonds is 6. The van der Waals surface area contributed by atoms with E-state index in [1.54, 1.807) is 23.8 Å². The van der Waals surface area contributed by atoms with Gasteiger partial charge in [0.25, 0.3) is 5.91 Å². The Morgan fingerprint density at radius 3 is 2.78 bits per heavy atom. The largest absolute Gasteiger partial charge is 0.383 e. The number of fused-ring (bicyclic) bond motifs is 1. The van der Waals surface area contributed by atoms with Crippen LogP contribution in [0, 0.1) is 0 Å². The number of amides is 1. The molecule has 7 heteroatoms. The van der Waals surface area contributed by atoms with Crippen molar-refractivity contribution in [1.29, 1.82) is 0 Å². The van der Waals surface area contributed by atoms with E-state index in [0.29, 0.717) is 24.4 Å². The molecule has 23 heavy (non-hydrogen) atoms. The number of hydrogen-bond acceptors (Lipinski definition) is 5. The van der Waals surface area contributed by atoms with E-state index in [9.17, 15) is 4.79 Å². The Labute approximate surface area is 133 Å². The lowest BCUT2D eigenvalue weighted by molar-refractivity contribution is 0.102. The van der Waals surface area contributed by atoms with Crippen molar-refractivity contribution in [2.45, 2.75) is 0 Å². The maximum absolute atomic E-state index is 12.2. The van der Waals surface area contributed by atoms with E-state index in [1.165, 1.54) is 0 Å². The summed E-state index contributed by atoms with van der Waals surface area (Å²) in [5.74, 6) is 0.808. The SMILES string of the molecule is COCCNc1cccc2nc(NC(=O)c3ccccc3)nn12. The van der Waals surface area contributed by atoms with Gasteiger partial charge in [-0.3, -0.25) is 10.1 Å². The Kier molecular flexibility index (Phi) is 4.49. The maximum Gasteiger partial charge on any atom is 0.258 e. The van der Waals surface area contributed by atoms with Crippen LogP contribution in [-0.2, 0) is 4.74 Å². The van der Waals surface area contributed by atoms with Gasteiger partial charge in [-0.1, -0.05) is 24.3 Å². The molecule has 0 saturated carbocycles. The summed E-state index contributed by atoms with van der Waals surface area (Å²) in [5, 5.41) is 10.2. The zero-order valence-corrected chi connectivity index (χ0v) is 12.7. The van der Waals surface area contributed by atoms with Crippen molar-refractivity contribution in [1.82, 2.24) is 14.6 Å². The molecule has 3 rings (SSSR count). The van der Waals surface area contributed by atoms with Gasteiger partial charge < -0.3 is 10.1 Å². The first kappa shape index (κ1) is 15.0. The molecule has 2 aromatic heterocycles. The van der Waals surface area contributed by atoms with Crippen LogP contribution in [0.4, 0.5) is 11.8 Å². The number of carbonyl (C=O) groups excluding carboxylic acids is 1. The summed E-state index contributed by atoms with van der Waals surface area (Å²) in [6.07, 6.45) is 0. The molecule has 3 aromatic rings. The molecule has 1 amide bonds. The molecule has 0 bridgehead atoms. The zero-order valence-electron chi connectivity index (χ0n) is 12.7. The molecule has 2 heterocycles. The zero-order chi connectivity index (χ0) is 16.1. The first-order chi connectivity index (χ1) is 11.3. The van der Waals surface area contributed by atoms with Gasteiger partial charge in [0.05, 0.1) is 6.61 Å². The van der Waals surface area contributed by atoms with Crippen molar-refractivity contribution in [3.05, 3.63) is 54.1 Å². The van der Waals surface area contributed by atoms with Crippen molar-refractivity contribution in [3.63, 3.8) is 0 Å². The topological polar surface area (TPSA) is 80.5 Å². The minimum Gasteiger partial charge on any atom is -0.383 e. The summed E-state index contributed by atoms with van der Waals surface area (Å²) < 4.78 is 6.67. The van der Waals surface area contributed by atoms with Crippen LogP contribution in [0.5, 0.6) is 0 Å². The van der Waals surface area contributed by atoms with Gasteiger partial charge >= 0.3 is 0 Å². The number of methoxy groups -OCH3 is 1. The van der Waals surface area contributed by atoms with E-state index in [2.05, 4.69) is 20.7 Å². The molecule has 0 fully saturated rings. The molecule has 0 unspecified atom stereocenters. The molecular weight excluding hydrogens is 294 g/mol. The van der Waals surface area contributed by atoms with Gasteiger partial charge in [-0.2, -0.15) is 9.50 Å². The van der Waals surface area contributed by atoms with E-state index in [1.807, 2.05) is 36.4 Å². The fourth-order valence-electron chi connectivity index (χ4n) is 2.14. The molecule has 7 nitrogen and oxygen atoms in total. The second-order valence-electron chi connectivity index (χ2n) is 4.86. The first-order valence-electron chi connectivity index (χ1n) is 7.23. The van der Waals surface area contributed by atoms with E-state index < -0.39 is 0 Å². The second-order valence-corrected chi connectivity index (χ2v) is 4.86. The smallest absolute Gasteiger partial charge is 0.258 e. The van der Waals surface area contributed by atoms with Crippen LogP contribution >= 0.6 is 0 Å². The van der Waals surface area contributed by atoms with Crippen molar-refractivity contribution >= 4 is 23.3 Å². The molecule has 0 radical (unpaired) electrons. The number of pyridine rings is 1. The van der Waals surface area contributed by atoms with Gasteiger partial charge in [0, 0.05) is 19.2 Å². The van der Waals surface area contributed by atoms with Crippen molar-refractivity contribution < 1.29 is 9.53 Å². The van der Waals surface area contributed by atoms with E-state index in [0.717, 1.165) is 5.82 Å². The van der Waals surface area contributed by atoms with E-state index in [4.69, 9.17) is 4.74 Å². The molecule has 2 N–H and O–H groups in total. The van der Waals surface area contributed by atoms with Crippen molar-refractivity contribution in [2.24, 2.45) is 0 Å². The molecule has 0 aliphatic rings. The van der Waals surface area contributed by atoms with E-state index >= 15 is 0 Å². The second kappa shape index (κ2) is 6.89. The summed E-state index contributed by atoms with van der Waals surface area (Å²) >= 11 is 0. The van der Waals surface area contributed by atoms with Crippen LogP contribution in [-0.4, -0.2) is 40.8 Å². The monoisotopic (exact) mass is 311 g/mol. The highest BCUT2D eigenvalue weighted by molar-refractivity contribution is 6.03. The van der Waals surface area contributed by atoms with Gasteiger partial charge in [0.1, 0.15) is 5.82 Å². The average molecular weight is 311 g/mol. The van der Waals surface area contributed by atoms with Gasteiger partial charge in [0.2, 0.25) is 5.95 Å². The molecule has 0 atom stereocenters. The molecule has 0 aliphatic carbocycles. The number of ether oxygens (including phenoxy) is 1. The van der Waals surface area contributed by atoms with Crippen LogP contribution in [0.3, 0.4) is 0 Å². The van der Waals surface area contributed by atoms with Crippen LogP contribution in [0.25, 0.3) is 5.65 Å².